The molecule has 6 nitrogen and oxygen atoms in total. The fourth-order valence-electron chi connectivity index (χ4n) is 2.65. The van der Waals surface area contributed by atoms with Crippen LogP contribution in [0, 0.1) is 0 Å². The van der Waals surface area contributed by atoms with E-state index in [1.165, 1.54) is 24.1 Å². The molecule has 1 heterocycles. The molecule has 1 fully saturated rings. The van der Waals surface area contributed by atoms with E-state index in [0.717, 1.165) is 12.1 Å². The molecule has 27 heavy (non-hydrogen) atoms. The zero-order chi connectivity index (χ0) is 20.5. The predicted molar refractivity (Wildman–Crippen MR) is 90.8 cm³/mol. The zero-order valence-electron chi connectivity index (χ0n) is 15.6. The minimum absolute atomic E-state index is 0.0508. The number of nitrogens with zero attached hydrogens (tertiary/aromatic N) is 1. The van der Waals surface area contributed by atoms with Gasteiger partial charge in [0.25, 0.3) is 0 Å². The quantitative estimate of drug-likeness (QED) is 0.804. The van der Waals surface area contributed by atoms with E-state index in [9.17, 15) is 22.8 Å². The van der Waals surface area contributed by atoms with Gasteiger partial charge in [-0.15, -0.1) is 0 Å². The van der Waals surface area contributed by atoms with Gasteiger partial charge in [-0.3, -0.25) is 5.32 Å². The van der Waals surface area contributed by atoms with E-state index < -0.39 is 34.9 Å². The lowest BCUT2D eigenvalue weighted by molar-refractivity contribution is -0.156. The second-order valence-electron chi connectivity index (χ2n) is 7.46. The van der Waals surface area contributed by atoms with Crippen molar-refractivity contribution in [2.75, 3.05) is 20.2 Å². The van der Waals surface area contributed by atoms with Gasteiger partial charge >= 0.3 is 18.2 Å². The molecule has 1 aromatic carbocycles. The Morgan fingerprint density at radius 2 is 1.70 bits per heavy atom. The maximum Gasteiger partial charge on any atom is 0.416 e. The molecule has 0 aliphatic carbocycles. The predicted octanol–water partition coefficient (Wildman–Crippen LogP) is 2.96. The molecule has 150 valence electrons. The van der Waals surface area contributed by atoms with E-state index in [-0.39, 0.29) is 19.6 Å². The van der Waals surface area contributed by atoms with Crippen LogP contribution in [0.1, 0.15) is 31.9 Å². The number of rotatable bonds is 4. The van der Waals surface area contributed by atoms with Crippen LogP contribution in [-0.4, -0.2) is 48.3 Å². The average molecular weight is 388 g/mol. The topological polar surface area (TPSA) is 67.9 Å². The molecule has 1 saturated heterocycles. The highest BCUT2D eigenvalue weighted by Crippen LogP contribution is 2.29. The fraction of sp³-hybridized carbons (Fsp3) is 0.556. The third-order valence-corrected chi connectivity index (χ3v) is 4.06. The van der Waals surface area contributed by atoms with Crippen molar-refractivity contribution in [3.8, 4) is 0 Å². The molecule has 9 heteroatoms. The molecular formula is C18H23F3N2O4. The van der Waals surface area contributed by atoms with Crippen molar-refractivity contribution in [2.45, 2.75) is 44.6 Å². The monoisotopic (exact) mass is 388 g/mol. The van der Waals surface area contributed by atoms with Crippen LogP contribution >= 0.6 is 0 Å². The van der Waals surface area contributed by atoms with Gasteiger partial charge in [0.05, 0.1) is 25.8 Å². The molecule has 0 radical (unpaired) electrons. The van der Waals surface area contributed by atoms with Gasteiger partial charge in [0.1, 0.15) is 5.60 Å². The Labute approximate surface area is 155 Å². The Bertz CT molecular complexity index is 690. The first kappa shape index (κ1) is 21.0. The van der Waals surface area contributed by atoms with Crippen molar-refractivity contribution >= 4 is 12.1 Å². The highest BCUT2D eigenvalue weighted by molar-refractivity contribution is 5.85. The van der Waals surface area contributed by atoms with Crippen LogP contribution < -0.4 is 5.32 Å². The van der Waals surface area contributed by atoms with Gasteiger partial charge in [0, 0.05) is 6.54 Å². The van der Waals surface area contributed by atoms with E-state index in [1.807, 2.05) is 0 Å². The molecule has 1 N–H and O–H groups in total. The van der Waals surface area contributed by atoms with Crippen molar-refractivity contribution in [3.05, 3.63) is 35.4 Å². The van der Waals surface area contributed by atoms with Crippen molar-refractivity contribution in [2.24, 2.45) is 0 Å². The normalized spacial score (nSPS) is 16.5. The van der Waals surface area contributed by atoms with E-state index in [0.29, 0.717) is 5.56 Å². The van der Waals surface area contributed by atoms with Crippen LogP contribution in [-0.2, 0) is 27.0 Å². The number of esters is 1. The van der Waals surface area contributed by atoms with E-state index in [4.69, 9.17) is 9.47 Å². The number of hydrogen-bond acceptors (Lipinski definition) is 5. The zero-order valence-corrected chi connectivity index (χ0v) is 15.6. The molecular weight excluding hydrogens is 365 g/mol. The summed E-state index contributed by atoms with van der Waals surface area (Å²) in [6.45, 7) is 5.46. The first-order valence-electron chi connectivity index (χ1n) is 8.34. The Kier molecular flexibility index (Phi) is 5.74. The summed E-state index contributed by atoms with van der Waals surface area (Å²) < 4.78 is 47.9. The first-order valence-corrected chi connectivity index (χ1v) is 8.34. The first-order chi connectivity index (χ1) is 12.4. The number of carbonyl (C=O) groups excluding carboxylic acids is 2. The van der Waals surface area contributed by atoms with Gasteiger partial charge in [0.2, 0.25) is 0 Å². The van der Waals surface area contributed by atoms with Gasteiger partial charge in [0.15, 0.2) is 5.54 Å². The maximum absolute atomic E-state index is 12.6. The minimum atomic E-state index is -4.40. The molecule has 1 aliphatic rings. The van der Waals surface area contributed by atoms with Crippen molar-refractivity contribution < 1.29 is 32.2 Å². The summed E-state index contributed by atoms with van der Waals surface area (Å²) in [6, 6.07) is 4.64. The van der Waals surface area contributed by atoms with Crippen LogP contribution in [0.4, 0.5) is 18.0 Å². The number of benzene rings is 1. The smallest absolute Gasteiger partial charge is 0.416 e. The third-order valence-electron chi connectivity index (χ3n) is 4.06. The Balaban J connectivity index is 2.01. The third kappa shape index (κ3) is 5.12. The second kappa shape index (κ2) is 7.38. The van der Waals surface area contributed by atoms with Crippen molar-refractivity contribution in [1.82, 2.24) is 10.2 Å². The largest absolute Gasteiger partial charge is 0.468 e. The lowest BCUT2D eigenvalue weighted by Crippen LogP contribution is -2.74. The van der Waals surface area contributed by atoms with E-state index >= 15 is 0 Å². The number of ether oxygens (including phenoxy) is 2. The number of carbonyl (C=O) groups is 2. The summed E-state index contributed by atoms with van der Waals surface area (Å²) in [5, 5.41) is 3.00. The summed E-state index contributed by atoms with van der Waals surface area (Å²) in [7, 11) is 1.24. The van der Waals surface area contributed by atoms with Crippen molar-refractivity contribution in [3.63, 3.8) is 0 Å². The average Bonchev–Trinajstić information content (AvgIpc) is 2.51. The molecule has 0 saturated carbocycles. The number of methoxy groups -OCH3 is 1. The molecule has 0 unspecified atom stereocenters. The minimum Gasteiger partial charge on any atom is -0.468 e. The number of alkyl halides is 3. The number of likely N-dealkylation sites (tertiary alicyclic amines) is 1. The van der Waals surface area contributed by atoms with Gasteiger partial charge in [-0.25, -0.2) is 9.59 Å². The summed E-state index contributed by atoms with van der Waals surface area (Å²) in [5.41, 5.74) is -1.95. The molecule has 0 aromatic heterocycles. The van der Waals surface area contributed by atoms with Crippen LogP contribution in [0.3, 0.4) is 0 Å². The Morgan fingerprint density at radius 3 is 2.15 bits per heavy atom. The van der Waals surface area contributed by atoms with E-state index in [2.05, 4.69) is 5.32 Å². The molecule has 0 bridgehead atoms. The second-order valence-corrected chi connectivity index (χ2v) is 7.46. The van der Waals surface area contributed by atoms with Gasteiger partial charge < -0.3 is 14.4 Å². The van der Waals surface area contributed by atoms with Crippen LogP contribution in [0.25, 0.3) is 0 Å². The molecule has 1 aromatic rings. The van der Waals surface area contributed by atoms with Crippen molar-refractivity contribution in [1.29, 1.82) is 0 Å². The number of hydrogen-bond donors (Lipinski definition) is 1. The standard InChI is InChI=1S/C18H23F3N2O4/c1-16(2,3)27-15(25)23-10-17(11-23,14(24)26-4)22-9-12-5-7-13(8-6-12)18(19,20)21/h5-8,22H,9-11H2,1-4H3. The van der Waals surface area contributed by atoms with Gasteiger partial charge in [-0.1, -0.05) is 12.1 Å². The Hall–Kier alpha value is -2.29. The fourth-order valence-corrected chi connectivity index (χ4v) is 2.65. The number of nitrogens with one attached hydrogen (secondary N) is 1. The lowest BCUT2D eigenvalue weighted by Gasteiger charge is -2.48. The van der Waals surface area contributed by atoms with Gasteiger partial charge in [-0.05, 0) is 38.5 Å². The Morgan fingerprint density at radius 1 is 1.15 bits per heavy atom. The SMILES string of the molecule is COC(=O)C1(NCc2ccc(C(F)(F)F)cc2)CN(C(=O)OC(C)(C)C)C1. The lowest BCUT2D eigenvalue weighted by atomic mass is 9.89. The molecule has 2 rings (SSSR count). The molecule has 1 aliphatic heterocycles. The summed E-state index contributed by atoms with van der Waals surface area (Å²) in [6.07, 6.45) is -4.94. The molecule has 0 atom stereocenters. The summed E-state index contributed by atoms with van der Waals surface area (Å²) in [5.74, 6) is -0.547. The molecule has 0 spiro atoms. The summed E-state index contributed by atoms with van der Waals surface area (Å²) >= 11 is 0. The number of halogens is 3. The van der Waals surface area contributed by atoms with E-state index in [1.54, 1.807) is 20.8 Å². The highest BCUT2D eigenvalue weighted by Gasteiger charge is 2.52. The van der Waals surface area contributed by atoms with Crippen LogP contribution in [0.2, 0.25) is 0 Å². The summed E-state index contributed by atoms with van der Waals surface area (Å²) in [4.78, 5) is 25.6. The van der Waals surface area contributed by atoms with Gasteiger partial charge in [-0.2, -0.15) is 13.2 Å². The van der Waals surface area contributed by atoms with Crippen LogP contribution in [0.5, 0.6) is 0 Å². The maximum atomic E-state index is 12.6. The number of amides is 1. The van der Waals surface area contributed by atoms with Crippen LogP contribution in [0.15, 0.2) is 24.3 Å². The highest BCUT2D eigenvalue weighted by atomic mass is 19.4. The molecule has 1 amide bonds.